The van der Waals surface area contributed by atoms with Crippen molar-refractivity contribution >= 4 is 50.8 Å². The van der Waals surface area contributed by atoms with Gasteiger partial charge in [-0.1, -0.05) is 0 Å². The van der Waals surface area contributed by atoms with Crippen LogP contribution in [-0.2, 0) is 0 Å². The van der Waals surface area contributed by atoms with Gasteiger partial charge in [0.05, 0.1) is 14.3 Å². The summed E-state index contributed by atoms with van der Waals surface area (Å²) < 4.78 is 1.25. The van der Waals surface area contributed by atoms with Crippen LogP contribution in [0.3, 0.4) is 0 Å². The van der Waals surface area contributed by atoms with Gasteiger partial charge in [-0.25, -0.2) is 10.2 Å². The Labute approximate surface area is 108 Å². The number of amides is 2. The maximum absolute atomic E-state index is 10.3. The van der Waals surface area contributed by atoms with Crippen LogP contribution in [0.15, 0.2) is 21.7 Å². The van der Waals surface area contributed by atoms with Gasteiger partial charge < -0.3 is 10.8 Å². The largest absolute Gasteiger partial charge is 0.506 e. The molecule has 0 heterocycles. The number of benzene rings is 1. The number of nitrogens with zero attached hydrogens (tertiary/aromatic N) is 1. The lowest BCUT2D eigenvalue weighted by atomic mass is 10.2. The van der Waals surface area contributed by atoms with Gasteiger partial charge in [0.2, 0.25) is 0 Å². The molecule has 80 valence electrons. The molecule has 0 aliphatic rings. The maximum atomic E-state index is 10.3. The number of primary amides is 1. The average Bonchev–Trinajstić information content (AvgIpc) is 2.13. The number of rotatable bonds is 2. The number of hydrogen-bond donors (Lipinski definition) is 3. The lowest BCUT2D eigenvalue weighted by Crippen LogP contribution is -2.24. The van der Waals surface area contributed by atoms with E-state index in [0.717, 1.165) is 5.56 Å². The number of nitrogens with two attached hydrogens (primary N) is 1. The van der Waals surface area contributed by atoms with Crippen LogP contribution in [0, 0.1) is 3.57 Å². The Morgan fingerprint density at radius 1 is 1.67 bits per heavy atom. The quantitative estimate of drug-likeness (QED) is 0.413. The minimum atomic E-state index is -0.723. The van der Waals surface area contributed by atoms with Gasteiger partial charge in [-0.2, -0.15) is 5.10 Å². The molecule has 15 heavy (non-hydrogen) atoms. The van der Waals surface area contributed by atoms with E-state index in [1.807, 2.05) is 22.6 Å². The van der Waals surface area contributed by atoms with Crippen LogP contribution in [0.4, 0.5) is 4.79 Å². The molecule has 1 rings (SSSR count). The van der Waals surface area contributed by atoms with Crippen molar-refractivity contribution in [3.8, 4) is 5.75 Å². The first-order valence-electron chi connectivity index (χ1n) is 3.77. The Morgan fingerprint density at radius 2 is 2.33 bits per heavy atom. The Hall–Kier alpha value is -0.830. The number of aromatic hydroxyl groups is 1. The molecule has 0 bridgehead atoms. The molecule has 0 fully saturated rings. The minimum absolute atomic E-state index is 0.176. The van der Waals surface area contributed by atoms with E-state index in [4.69, 9.17) is 5.73 Å². The minimum Gasteiger partial charge on any atom is -0.506 e. The number of hydrogen-bond acceptors (Lipinski definition) is 3. The number of carbonyl (C=O) groups is 1. The van der Waals surface area contributed by atoms with Gasteiger partial charge >= 0.3 is 6.03 Å². The van der Waals surface area contributed by atoms with Crippen LogP contribution < -0.4 is 11.2 Å². The van der Waals surface area contributed by atoms with Crippen LogP contribution in [-0.4, -0.2) is 17.4 Å². The molecule has 0 atom stereocenters. The van der Waals surface area contributed by atoms with Crippen molar-refractivity contribution in [3.63, 3.8) is 0 Å². The number of nitrogens with one attached hydrogen (secondary N) is 1. The molecular formula is C8H7BrIN3O2. The standard InChI is InChI=1S/C8H7BrIN3O2/c9-5-1-4(2-6(10)7(5)14)3-12-13-8(11)15/h1-3,14H,(H3,11,13,15)/b12-3-. The molecule has 7 heteroatoms. The number of urea groups is 1. The molecule has 1 aromatic carbocycles. The Bertz CT molecular complexity index is 399. The van der Waals surface area contributed by atoms with E-state index in [0.29, 0.717) is 8.04 Å². The average molecular weight is 384 g/mol. The summed E-state index contributed by atoms with van der Waals surface area (Å²) in [6.45, 7) is 0. The van der Waals surface area contributed by atoms with E-state index in [-0.39, 0.29) is 5.75 Å². The highest BCUT2D eigenvalue weighted by molar-refractivity contribution is 14.1. The molecule has 0 aliphatic carbocycles. The third kappa shape index (κ3) is 3.67. The predicted molar refractivity (Wildman–Crippen MR) is 68.8 cm³/mol. The summed E-state index contributed by atoms with van der Waals surface area (Å²) in [7, 11) is 0. The molecule has 0 aliphatic heterocycles. The lowest BCUT2D eigenvalue weighted by molar-refractivity contribution is 0.249. The topological polar surface area (TPSA) is 87.7 Å². The first-order valence-corrected chi connectivity index (χ1v) is 5.64. The molecule has 1 aromatic rings. The van der Waals surface area contributed by atoms with Crippen molar-refractivity contribution in [2.45, 2.75) is 0 Å². The fourth-order valence-electron chi connectivity index (χ4n) is 0.830. The van der Waals surface area contributed by atoms with Crippen molar-refractivity contribution in [2.24, 2.45) is 10.8 Å². The fraction of sp³-hybridized carbons (Fsp3) is 0. The molecule has 0 aromatic heterocycles. The van der Waals surface area contributed by atoms with Gasteiger partial charge in [0.15, 0.2) is 0 Å². The third-order valence-electron chi connectivity index (χ3n) is 1.43. The summed E-state index contributed by atoms with van der Waals surface area (Å²) in [5, 5.41) is 13.1. The highest BCUT2D eigenvalue weighted by atomic mass is 127. The Balaban J connectivity index is 2.87. The monoisotopic (exact) mass is 383 g/mol. The van der Waals surface area contributed by atoms with Gasteiger partial charge in [-0.05, 0) is 56.2 Å². The predicted octanol–water partition coefficient (Wildman–Crippen LogP) is 1.76. The second-order valence-electron chi connectivity index (χ2n) is 2.57. The number of phenolic OH excluding ortho intramolecular Hbond substituents is 1. The molecule has 2 amide bonds. The summed E-state index contributed by atoms with van der Waals surface area (Å²) in [5.41, 5.74) is 7.64. The van der Waals surface area contributed by atoms with Gasteiger partial charge in [0.1, 0.15) is 5.75 Å². The highest BCUT2D eigenvalue weighted by Crippen LogP contribution is 2.29. The summed E-state index contributed by atoms with van der Waals surface area (Å²) in [6.07, 6.45) is 1.43. The normalized spacial score (nSPS) is 10.5. The molecule has 0 spiro atoms. The number of halogens is 2. The second kappa shape index (κ2) is 5.31. The molecule has 0 radical (unpaired) electrons. The van der Waals surface area contributed by atoms with Crippen LogP contribution in [0.2, 0.25) is 0 Å². The first kappa shape index (κ1) is 12.2. The van der Waals surface area contributed by atoms with E-state index in [9.17, 15) is 9.90 Å². The van der Waals surface area contributed by atoms with Gasteiger partial charge in [0.25, 0.3) is 0 Å². The van der Waals surface area contributed by atoms with E-state index >= 15 is 0 Å². The second-order valence-corrected chi connectivity index (χ2v) is 4.58. The lowest BCUT2D eigenvalue weighted by Gasteiger charge is -2.01. The number of carbonyl (C=O) groups excluding carboxylic acids is 1. The highest BCUT2D eigenvalue weighted by Gasteiger charge is 2.04. The summed E-state index contributed by atoms with van der Waals surface area (Å²) in [6, 6.07) is 2.66. The smallest absolute Gasteiger partial charge is 0.332 e. The maximum Gasteiger partial charge on any atom is 0.332 e. The third-order valence-corrected chi connectivity index (χ3v) is 2.85. The fourth-order valence-corrected chi connectivity index (χ4v) is 2.33. The van der Waals surface area contributed by atoms with Crippen molar-refractivity contribution in [1.29, 1.82) is 0 Å². The molecule has 0 saturated heterocycles. The molecule has 4 N–H and O–H groups in total. The van der Waals surface area contributed by atoms with E-state index in [1.165, 1.54) is 6.21 Å². The van der Waals surface area contributed by atoms with Crippen molar-refractivity contribution in [1.82, 2.24) is 5.43 Å². The summed E-state index contributed by atoms with van der Waals surface area (Å²) >= 11 is 5.18. The van der Waals surface area contributed by atoms with Gasteiger partial charge in [0, 0.05) is 0 Å². The summed E-state index contributed by atoms with van der Waals surface area (Å²) in [4.78, 5) is 10.3. The van der Waals surface area contributed by atoms with E-state index in [1.54, 1.807) is 12.1 Å². The zero-order chi connectivity index (χ0) is 11.4. The Kier molecular flexibility index (Phi) is 4.33. The van der Waals surface area contributed by atoms with E-state index < -0.39 is 6.03 Å². The van der Waals surface area contributed by atoms with E-state index in [2.05, 4.69) is 26.5 Å². The zero-order valence-corrected chi connectivity index (χ0v) is 11.1. The number of phenols is 1. The van der Waals surface area contributed by atoms with Crippen molar-refractivity contribution < 1.29 is 9.90 Å². The van der Waals surface area contributed by atoms with Gasteiger partial charge in [-0.3, -0.25) is 0 Å². The SMILES string of the molecule is NC(=O)N/N=C\c1cc(Br)c(O)c(I)c1. The molecule has 0 saturated carbocycles. The molecule has 0 unspecified atom stereocenters. The summed E-state index contributed by atoms with van der Waals surface area (Å²) in [5.74, 6) is 0.176. The Morgan fingerprint density at radius 3 is 2.87 bits per heavy atom. The van der Waals surface area contributed by atoms with Crippen molar-refractivity contribution in [3.05, 3.63) is 25.7 Å². The van der Waals surface area contributed by atoms with Crippen LogP contribution in [0.5, 0.6) is 5.75 Å². The zero-order valence-electron chi connectivity index (χ0n) is 7.37. The number of hydrazone groups is 1. The molecular weight excluding hydrogens is 377 g/mol. The molecule has 5 nitrogen and oxygen atoms in total. The van der Waals surface area contributed by atoms with Crippen LogP contribution >= 0.6 is 38.5 Å². The van der Waals surface area contributed by atoms with Crippen LogP contribution in [0.25, 0.3) is 0 Å². The van der Waals surface area contributed by atoms with Crippen LogP contribution in [0.1, 0.15) is 5.56 Å². The van der Waals surface area contributed by atoms with Crippen molar-refractivity contribution in [2.75, 3.05) is 0 Å². The first-order chi connectivity index (χ1) is 7.00. The van der Waals surface area contributed by atoms with Gasteiger partial charge in [-0.15, -0.1) is 0 Å².